The highest BCUT2D eigenvalue weighted by molar-refractivity contribution is 5.91. The molecule has 110 valence electrons. The Morgan fingerprint density at radius 3 is 2.45 bits per heavy atom. The van der Waals surface area contributed by atoms with E-state index in [1.165, 1.54) is 29.2 Å². The van der Waals surface area contributed by atoms with Crippen LogP contribution in [0.3, 0.4) is 0 Å². The fraction of sp³-hybridized carbons (Fsp3) is 0.429. The van der Waals surface area contributed by atoms with Gasteiger partial charge >= 0.3 is 12.0 Å². The fourth-order valence-corrected chi connectivity index (χ4v) is 1.62. The monoisotopic (exact) mass is 282 g/mol. The van der Waals surface area contributed by atoms with Crippen LogP contribution in [0.5, 0.6) is 0 Å². The zero-order valence-electron chi connectivity index (χ0n) is 11.7. The average molecular weight is 282 g/mol. The van der Waals surface area contributed by atoms with Crippen LogP contribution in [-0.4, -0.2) is 36.6 Å². The Labute approximate surface area is 117 Å². The maximum Gasteiger partial charge on any atom is 0.325 e. The van der Waals surface area contributed by atoms with Crippen molar-refractivity contribution in [3.63, 3.8) is 0 Å². The number of nitrogens with one attached hydrogen (secondary N) is 1. The second kappa shape index (κ2) is 8.14. The highest BCUT2D eigenvalue weighted by Crippen LogP contribution is 2.09. The number of anilines is 1. The Balaban J connectivity index is 2.63. The van der Waals surface area contributed by atoms with Crippen molar-refractivity contribution in [1.29, 1.82) is 0 Å². The molecule has 1 rings (SSSR count). The van der Waals surface area contributed by atoms with Crippen LogP contribution >= 0.6 is 0 Å². The lowest BCUT2D eigenvalue weighted by atomic mass is 10.3. The molecule has 0 atom stereocenters. The van der Waals surface area contributed by atoms with Crippen LogP contribution in [-0.2, 0) is 9.53 Å². The number of nitrogens with zero attached hydrogens (tertiary/aromatic N) is 1. The molecule has 0 saturated carbocycles. The Hall–Kier alpha value is -2.11. The lowest BCUT2D eigenvalue weighted by Crippen LogP contribution is -2.39. The summed E-state index contributed by atoms with van der Waals surface area (Å²) in [5.74, 6) is -0.824. The highest BCUT2D eigenvalue weighted by atomic mass is 19.1. The van der Waals surface area contributed by atoms with Gasteiger partial charge in [0.05, 0.1) is 6.61 Å². The van der Waals surface area contributed by atoms with E-state index >= 15 is 0 Å². The highest BCUT2D eigenvalue weighted by Gasteiger charge is 2.17. The number of ether oxygens (including phenoxy) is 1. The van der Waals surface area contributed by atoms with E-state index in [-0.39, 0.29) is 19.0 Å². The molecule has 1 aromatic carbocycles. The minimum Gasteiger partial charge on any atom is -0.465 e. The number of esters is 1. The number of benzene rings is 1. The van der Waals surface area contributed by atoms with Gasteiger partial charge in [-0.05, 0) is 37.6 Å². The van der Waals surface area contributed by atoms with Gasteiger partial charge < -0.3 is 15.0 Å². The zero-order chi connectivity index (χ0) is 15.0. The van der Waals surface area contributed by atoms with Crippen molar-refractivity contribution in [3.05, 3.63) is 30.1 Å². The Morgan fingerprint density at radius 2 is 1.90 bits per heavy atom. The molecule has 5 nitrogen and oxygen atoms in total. The maximum atomic E-state index is 12.8. The SMILES string of the molecule is CCCN(CC(=O)OCC)C(=O)Nc1ccc(F)cc1. The maximum absolute atomic E-state index is 12.8. The zero-order valence-corrected chi connectivity index (χ0v) is 11.7. The molecule has 0 radical (unpaired) electrons. The van der Waals surface area contributed by atoms with Crippen LogP contribution in [0.4, 0.5) is 14.9 Å². The molecule has 0 aliphatic rings. The minimum absolute atomic E-state index is 0.102. The molecule has 0 aliphatic heterocycles. The van der Waals surface area contributed by atoms with Crippen LogP contribution in [0.1, 0.15) is 20.3 Å². The third kappa shape index (κ3) is 5.26. The van der Waals surface area contributed by atoms with Gasteiger partial charge in [-0.3, -0.25) is 4.79 Å². The number of urea groups is 1. The quantitative estimate of drug-likeness (QED) is 0.816. The van der Waals surface area contributed by atoms with Crippen molar-refractivity contribution in [3.8, 4) is 0 Å². The topological polar surface area (TPSA) is 58.6 Å². The standard InChI is InChI=1S/C14H19FN2O3/c1-3-9-17(10-13(18)20-4-2)14(19)16-12-7-5-11(15)6-8-12/h5-8H,3-4,9-10H2,1-2H3,(H,16,19). The van der Waals surface area contributed by atoms with Gasteiger partial charge in [0.25, 0.3) is 0 Å². The van der Waals surface area contributed by atoms with Gasteiger partial charge in [-0.1, -0.05) is 6.92 Å². The third-order valence-electron chi connectivity index (χ3n) is 2.50. The molecule has 0 unspecified atom stereocenters. The second-order valence-electron chi connectivity index (χ2n) is 4.16. The molecule has 0 saturated heterocycles. The largest absolute Gasteiger partial charge is 0.465 e. The van der Waals surface area contributed by atoms with Crippen LogP contribution < -0.4 is 5.32 Å². The normalized spacial score (nSPS) is 9.95. The molecule has 6 heteroatoms. The molecular formula is C14H19FN2O3. The van der Waals surface area contributed by atoms with E-state index < -0.39 is 12.0 Å². The lowest BCUT2D eigenvalue weighted by Gasteiger charge is -2.21. The summed E-state index contributed by atoms with van der Waals surface area (Å²) >= 11 is 0. The second-order valence-corrected chi connectivity index (χ2v) is 4.16. The van der Waals surface area contributed by atoms with E-state index in [2.05, 4.69) is 5.32 Å². The summed E-state index contributed by atoms with van der Waals surface area (Å²) in [6.07, 6.45) is 0.718. The summed E-state index contributed by atoms with van der Waals surface area (Å²) in [6.45, 7) is 4.23. The summed E-state index contributed by atoms with van der Waals surface area (Å²) in [4.78, 5) is 24.8. The van der Waals surface area contributed by atoms with Crippen LogP contribution in [0, 0.1) is 5.82 Å². The van der Waals surface area contributed by atoms with E-state index in [4.69, 9.17) is 4.74 Å². The first-order valence-electron chi connectivity index (χ1n) is 6.54. The van der Waals surface area contributed by atoms with Gasteiger partial charge in [-0.15, -0.1) is 0 Å². The van der Waals surface area contributed by atoms with Crippen molar-refractivity contribution < 1.29 is 18.7 Å². The number of halogens is 1. The van der Waals surface area contributed by atoms with E-state index in [9.17, 15) is 14.0 Å². The number of carbonyl (C=O) groups is 2. The summed E-state index contributed by atoms with van der Waals surface area (Å²) < 4.78 is 17.6. The molecule has 1 aromatic rings. The number of hydrogen-bond donors (Lipinski definition) is 1. The Bertz CT molecular complexity index is 448. The van der Waals surface area contributed by atoms with E-state index in [0.29, 0.717) is 12.2 Å². The van der Waals surface area contributed by atoms with Gasteiger partial charge in [-0.2, -0.15) is 0 Å². The molecule has 0 aromatic heterocycles. The van der Waals surface area contributed by atoms with Crippen molar-refractivity contribution >= 4 is 17.7 Å². The predicted octanol–water partition coefficient (Wildman–Crippen LogP) is 2.63. The van der Waals surface area contributed by atoms with Crippen LogP contribution in [0.15, 0.2) is 24.3 Å². The molecule has 0 fully saturated rings. The molecule has 2 amide bonds. The molecular weight excluding hydrogens is 263 g/mol. The minimum atomic E-state index is -0.449. The molecule has 20 heavy (non-hydrogen) atoms. The summed E-state index contributed by atoms with van der Waals surface area (Å²) in [7, 11) is 0. The van der Waals surface area contributed by atoms with Crippen LogP contribution in [0.2, 0.25) is 0 Å². The number of rotatable bonds is 6. The number of hydrogen-bond acceptors (Lipinski definition) is 3. The molecule has 0 spiro atoms. The summed E-state index contributed by atoms with van der Waals surface area (Å²) in [5, 5.41) is 2.61. The third-order valence-corrected chi connectivity index (χ3v) is 2.50. The fourth-order valence-electron chi connectivity index (χ4n) is 1.62. The number of amides is 2. The predicted molar refractivity (Wildman–Crippen MR) is 73.9 cm³/mol. The van der Waals surface area contributed by atoms with E-state index in [0.717, 1.165) is 6.42 Å². The van der Waals surface area contributed by atoms with Crippen LogP contribution in [0.25, 0.3) is 0 Å². The molecule has 0 heterocycles. The first-order valence-corrected chi connectivity index (χ1v) is 6.54. The van der Waals surface area contributed by atoms with Crippen molar-refractivity contribution in [2.75, 3.05) is 25.0 Å². The molecule has 1 N–H and O–H groups in total. The molecule has 0 aliphatic carbocycles. The first-order chi connectivity index (χ1) is 9.56. The van der Waals surface area contributed by atoms with Gasteiger partial charge in [0.1, 0.15) is 12.4 Å². The van der Waals surface area contributed by atoms with Gasteiger partial charge in [0.2, 0.25) is 0 Å². The Kier molecular flexibility index (Phi) is 6.49. The Morgan fingerprint density at radius 1 is 1.25 bits per heavy atom. The van der Waals surface area contributed by atoms with Crippen molar-refractivity contribution in [1.82, 2.24) is 4.90 Å². The first kappa shape index (κ1) is 15.9. The summed E-state index contributed by atoms with van der Waals surface area (Å²) in [5.41, 5.74) is 0.473. The van der Waals surface area contributed by atoms with Crippen molar-refractivity contribution in [2.24, 2.45) is 0 Å². The smallest absolute Gasteiger partial charge is 0.325 e. The van der Waals surface area contributed by atoms with Gasteiger partial charge in [0.15, 0.2) is 0 Å². The van der Waals surface area contributed by atoms with E-state index in [1.54, 1.807) is 6.92 Å². The lowest BCUT2D eigenvalue weighted by molar-refractivity contribution is -0.143. The van der Waals surface area contributed by atoms with E-state index in [1.807, 2.05) is 6.92 Å². The average Bonchev–Trinajstić information content (AvgIpc) is 2.41. The molecule has 0 bridgehead atoms. The summed E-state index contributed by atoms with van der Waals surface area (Å²) in [6, 6.07) is 5.02. The van der Waals surface area contributed by atoms with Crippen molar-refractivity contribution in [2.45, 2.75) is 20.3 Å². The number of carbonyl (C=O) groups excluding carboxylic acids is 2. The van der Waals surface area contributed by atoms with Gasteiger partial charge in [-0.25, -0.2) is 9.18 Å². The van der Waals surface area contributed by atoms with Gasteiger partial charge in [0, 0.05) is 12.2 Å².